The van der Waals surface area contributed by atoms with E-state index in [1.54, 1.807) is 42.7 Å². The smallest absolute Gasteiger partial charge is 0.338 e. The number of rotatable bonds is 9. The summed E-state index contributed by atoms with van der Waals surface area (Å²) < 4.78 is 12.7. The fraction of sp³-hybridized carbons (Fsp3) is 0.200. The summed E-state index contributed by atoms with van der Waals surface area (Å²) in [5.41, 5.74) is 3.75. The highest BCUT2D eigenvalue weighted by atomic mass is 32.2. The summed E-state index contributed by atoms with van der Waals surface area (Å²) in [6.07, 6.45) is 4.00. The molecular formula is C30H27N3O6S. The van der Waals surface area contributed by atoms with Crippen molar-refractivity contribution in [3.05, 3.63) is 119 Å². The summed E-state index contributed by atoms with van der Waals surface area (Å²) in [5, 5.41) is 22.2. The van der Waals surface area contributed by atoms with Crippen LogP contribution in [0.4, 0.5) is 5.69 Å². The Balaban J connectivity index is 1.33. The van der Waals surface area contributed by atoms with Crippen LogP contribution in [0.3, 0.4) is 0 Å². The van der Waals surface area contributed by atoms with Crippen molar-refractivity contribution in [3.63, 3.8) is 0 Å². The molecule has 4 aromatic rings. The van der Waals surface area contributed by atoms with Gasteiger partial charge in [-0.15, -0.1) is 11.8 Å². The number of nitrogens with one attached hydrogen (secondary N) is 1. The molecule has 10 heteroatoms. The summed E-state index contributed by atoms with van der Waals surface area (Å²) in [7, 11) is 0. The van der Waals surface area contributed by atoms with Gasteiger partial charge in [-0.2, -0.15) is 0 Å². The number of aromatic carboxylic acids is 1. The summed E-state index contributed by atoms with van der Waals surface area (Å²) in [6.45, 7) is -0.0452. The molecule has 1 aliphatic heterocycles. The Kier molecular flexibility index (Phi) is 8.82. The van der Waals surface area contributed by atoms with E-state index in [9.17, 15) is 19.8 Å². The molecular weight excluding hydrogens is 530 g/mol. The molecule has 1 aliphatic rings. The molecule has 0 radical (unpaired) electrons. The lowest BCUT2D eigenvalue weighted by Gasteiger charge is -2.36. The number of amides is 1. The molecule has 2 aromatic carbocycles. The lowest BCUT2D eigenvalue weighted by molar-refractivity contribution is -0.245. The Morgan fingerprint density at radius 2 is 1.70 bits per heavy atom. The second kappa shape index (κ2) is 12.8. The molecule has 3 atom stereocenters. The van der Waals surface area contributed by atoms with Crippen LogP contribution in [0.15, 0.2) is 96.4 Å². The number of carbonyl (C=O) groups is 2. The van der Waals surface area contributed by atoms with Gasteiger partial charge in [0, 0.05) is 42.0 Å². The van der Waals surface area contributed by atoms with E-state index in [1.807, 2.05) is 36.4 Å². The maximum atomic E-state index is 12.5. The highest BCUT2D eigenvalue weighted by Crippen LogP contribution is 2.39. The highest BCUT2D eigenvalue weighted by Gasteiger charge is 2.32. The maximum Gasteiger partial charge on any atom is 0.338 e. The normalized spacial score (nSPS) is 18.7. The monoisotopic (exact) mass is 557 g/mol. The second-order valence-corrected chi connectivity index (χ2v) is 10.1. The van der Waals surface area contributed by atoms with Gasteiger partial charge in [-0.3, -0.25) is 9.78 Å². The van der Waals surface area contributed by atoms with Crippen molar-refractivity contribution in [2.75, 3.05) is 11.1 Å². The Morgan fingerprint density at radius 3 is 2.40 bits per heavy atom. The van der Waals surface area contributed by atoms with Crippen LogP contribution in [0.1, 0.15) is 56.2 Å². The molecule has 3 unspecified atom stereocenters. The van der Waals surface area contributed by atoms with Crippen LogP contribution in [0, 0.1) is 0 Å². The predicted molar refractivity (Wildman–Crippen MR) is 149 cm³/mol. The Hall–Kier alpha value is -4.09. The van der Waals surface area contributed by atoms with Crippen molar-refractivity contribution in [1.29, 1.82) is 0 Å². The average Bonchev–Trinajstić information content (AvgIpc) is 3.01. The van der Waals surface area contributed by atoms with E-state index in [1.165, 1.54) is 24.0 Å². The topological polar surface area (TPSA) is 131 Å². The van der Waals surface area contributed by atoms with Crippen LogP contribution in [0.2, 0.25) is 0 Å². The van der Waals surface area contributed by atoms with Gasteiger partial charge in [-0.25, -0.2) is 9.78 Å². The summed E-state index contributed by atoms with van der Waals surface area (Å²) >= 11 is 1.33. The number of carboxylic acids is 1. The second-order valence-electron chi connectivity index (χ2n) is 9.14. The van der Waals surface area contributed by atoms with Crippen molar-refractivity contribution in [2.45, 2.75) is 36.6 Å². The van der Waals surface area contributed by atoms with Crippen molar-refractivity contribution in [3.8, 4) is 0 Å². The van der Waals surface area contributed by atoms with Crippen molar-refractivity contribution in [1.82, 2.24) is 9.97 Å². The molecule has 5 rings (SSSR count). The third-order valence-corrected chi connectivity index (χ3v) is 7.52. The third-order valence-electron chi connectivity index (χ3n) is 6.39. The lowest BCUT2D eigenvalue weighted by Crippen LogP contribution is -2.31. The first-order valence-electron chi connectivity index (χ1n) is 12.6. The number of pyridine rings is 2. The number of aromatic nitrogens is 2. The van der Waals surface area contributed by atoms with Gasteiger partial charge in [0.25, 0.3) is 5.91 Å². The molecule has 204 valence electrons. The molecule has 9 nitrogen and oxygen atoms in total. The minimum atomic E-state index is -1.03. The van der Waals surface area contributed by atoms with Gasteiger partial charge in [0.1, 0.15) is 5.03 Å². The largest absolute Gasteiger partial charge is 0.478 e. The minimum Gasteiger partial charge on any atom is -0.478 e. The molecule has 2 aromatic heterocycles. The van der Waals surface area contributed by atoms with Crippen LogP contribution in [0.5, 0.6) is 0 Å². The molecule has 1 amide bonds. The fourth-order valence-electron chi connectivity index (χ4n) is 4.29. The first kappa shape index (κ1) is 27.5. The number of hydrogen-bond acceptors (Lipinski definition) is 8. The number of aliphatic hydroxyl groups is 1. The van der Waals surface area contributed by atoms with Gasteiger partial charge in [-0.1, -0.05) is 36.4 Å². The fourth-order valence-corrected chi connectivity index (χ4v) is 5.29. The Morgan fingerprint density at radius 1 is 0.950 bits per heavy atom. The number of anilines is 1. The van der Waals surface area contributed by atoms with Gasteiger partial charge >= 0.3 is 5.97 Å². The molecule has 40 heavy (non-hydrogen) atoms. The molecule has 3 N–H and O–H groups in total. The van der Waals surface area contributed by atoms with E-state index < -0.39 is 12.3 Å². The van der Waals surface area contributed by atoms with E-state index in [0.29, 0.717) is 28.5 Å². The van der Waals surface area contributed by atoms with Gasteiger partial charge in [0.2, 0.25) is 0 Å². The number of ether oxygens (including phenoxy) is 2. The molecule has 1 fully saturated rings. The molecule has 0 saturated carbocycles. The van der Waals surface area contributed by atoms with E-state index in [0.717, 1.165) is 16.7 Å². The van der Waals surface area contributed by atoms with Crippen LogP contribution < -0.4 is 5.32 Å². The quantitative estimate of drug-likeness (QED) is 0.236. The zero-order valence-electron chi connectivity index (χ0n) is 21.3. The molecule has 0 spiro atoms. The molecule has 0 aliphatic carbocycles. The third kappa shape index (κ3) is 6.72. The predicted octanol–water partition coefficient (Wildman–Crippen LogP) is 5.26. The first-order chi connectivity index (χ1) is 19.5. The van der Waals surface area contributed by atoms with Crippen LogP contribution in [-0.4, -0.2) is 43.9 Å². The molecule has 1 saturated heterocycles. The summed E-state index contributed by atoms with van der Waals surface area (Å²) in [5.74, 6) is -0.814. The first-order valence-corrected chi connectivity index (χ1v) is 13.6. The number of thioether (sulfide) groups is 1. The Labute approximate surface area is 235 Å². The number of nitrogens with zero attached hydrogens (tertiary/aromatic N) is 2. The van der Waals surface area contributed by atoms with Gasteiger partial charge in [0.05, 0.1) is 29.9 Å². The number of hydrogen-bond donors (Lipinski definition) is 3. The van der Waals surface area contributed by atoms with Crippen molar-refractivity contribution >= 4 is 29.3 Å². The van der Waals surface area contributed by atoms with Crippen LogP contribution in [0.25, 0.3) is 0 Å². The van der Waals surface area contributed by atoms with E-state index in [-0.39, 0.29) is 30.3 Å². The maximum absolute atomic E-state index is 12.5. The molecule has 0 bridgehead atoms. The highest BCUT2D eigenvalue weighted by molar-refractivity contribution is 7.99. The number of aliphatic hydroxyl groups excluding tert-OH is 1. The number of carboxylic acid groups (broad SMARTS) is 1. The lowest BCUT2D eigenvalue weighted by atomic mass is 10.0. The Bertz CT molecular complexity index is 1450. The minimum absolute atomic E-state index is 0.0452. The number of benzene rings is 2. The van der Waals surface area contributed by atoms with Crippen LogP contribution in [-0.2, 0) is 16.1 Å². The zero-order valence-corrected chi connectivity index (χ0v) is 22.2. The van der Waals surface area contributed by atoms with E-state index in [2.05, 4.69) is 15.3 Å². The standard InChI is InChI=1S/C30H27N3O6S/c34-17-19-5-7-20(8-6-19)26-15-24(18-40-28-25(29(36)37)4-2-14-32-28)38-30(39-26)21-9-11-23(12-10-21)33-27(35)22-3-1-13-31-16-22/h1-14,16,24,26,30,34H,15,17-18H2,(H,33,35)(H,36,37). The van der Waals surface area contributed by atoms with Crippen molar-refractivity contribution in [2.24, 2.45) is 0 Å². The van der Waals surface area contributed by atoms with Gasteiger partial charge in [-0.05, 0) is 47.5 Å². The zero-order chi connectivity index (χ0) is 27.9. The van der Waals surface area contributed by atoms with E-state index >= 15 is 0 Å². The summed E-state index contributed by atoms with van der Waals surface area (Å²) in [4.78, 5) is 32.3. The summed E-state index contributed by atoms with van der Waals surface area (Å²) in [6, 6.07) is 21.4. The SMILES string of the molecule is O=C(Nc1ccc(C2OC(CSc3ncccc3C(=O)O)CC(c3ccc(CO)cc3)O2)cc1)c1cccnc1. The van der Waals surface area contributed by atoms with Crippen molar-refractivity contribution < 1.29 is 29.3 Å². The number of carbonyl (C=O) groups excluding carboxylic acids is 1. The van der Waals surface area contributed by atoms with Gasteiger partial charge < -0.3 is 25.0 Å². The molecule has 3 heterocycles. The average molecular weight is 558 g/mol. The van der Waals surface area contributed by atoms with Crippen LogP contribution >= 0.6 is 11.8 Å². The van der Waals surface area contributed by atoms with Gasteiger partial charge in [0.15, 0.2) is 6.29 Å². The van der Waals surface area contributed by atoms with E-state index in [4.69, 9.17) is 9.47 Å².